The summed E-state index contributed by atoms with van der Waals surface area (Å²) in [5.74, 6) is 1.48. The number of anilines is 2. The minimum atomic E-state index is -0.174. The van der Waals surface area contributed by atoms with E-state index in [0.717, 1.165) is 35.8 Å². The predicted molar refractivity (Wildman–Crippen MR) is 140 cm³/mol. The zero-order chi connectivity index (χ0) is 24.6. The number of benzene rings is 3. The average molecular weight is 484 g/mol. The van der Waals surface area contributed by atoms with Crippen molar-refractivity contribution in [2.24, 2.45) is 0 Å². The molecule has 0 spiro atoms. The van der Waals surface area contributed by atoms with Crippen molar-refractivity contribution < 1.29 is 13.9 Å². The summed E-state index contributed by atoms with van der Waals surface area (Å²) in [6.07, 6.45) is 2.50. The van der Waals surface area contributed by atoms with Gasteiger partial charge in [0.1, 0.15) is 24.0 Å². The normalized spacial score (nSPS) is 14.8. The van der Waals surface area contributed by atoms with Crippen LogP contribution >= 0.6 is 0 Å². The second kappa shape index (κ2) is 11.8. The first kappa shape index (κ1) is 24.0. The highest BCUT2D eigenvalue weighted by Gasteiger charge is 2.13. The number of rotatable bonds is 4. The van der Waals surface area contributed by atoms with Crippen molar-refractivity contribution >= 4 is 11.5 Å². The number of hydrogen-bond donors (Lipinski definition) is 1. The molecule has 1 aliphatic heterocycles. The fourth-order valence-electron chi connectivity index (χ4n) is 4.42. The molecular formula is C30H30FN3O2. The van der Waals surface area contributed by atoms with Gasteiger partial charge >= 0.3 is 0 Å². The lowest BCUT2D eigenvalue weighted by atomic mass is 10.0. The molecule has 36 heavy (non-hydrogen) atoms. The number of pyridine rings is 1. The Morgan fingerprint density at radius 1 is 0.861 bits per heavy atom. The van der Waals surface area contributed by atoms with Gasteiger partial charge in [0.2, 0.25) is 0 Å². The molecule has 3 aromatic carbocycles. The lowest BCUT2D eigenvalue weighted by molar-refractivity contribution is 0.0755. The molecule has 1 aliphatic rings. The number of nitrogens with zero attached hydrogens (tertiary/aromatic N) is 2. The van der Waals surface area contributed by atoms with Gasteiger partial charge in [0, 0.05) is 49.1 Å². The van der Waals surface area contributed by atoms with Gasteiger partial charge in [-0.2, -0.15) is 0 Å². The zero-order valence-corrected chi connectivity index (χ0v) is 20.2. The van der Waals surface area contributed by atoms with E-state index in [4.69, 9.17) is 9.47 Å². The van der Waals surface area contributed by atoms with Crippen LogP contribution in [0, 0.1) is 5.82 Å². The molecule has 0 fully saturated rings. The van der Waals surface area contributed by atoms with Gasteiger partial charge in [-0.15, -0.1) is 0 Å². The lowest BCUT2D eigenvalue weighted by Gasteiger charge is -2.24. The molecule has 2 heterocycles. The second-order valence-corrected chi connectivity index (χ2v) is 8.92. The summed E-state index contributed by atoms with van der Waals surface area (Å²) >= 11 is 0. The van der Waals surface area contributed by atoms with Crippen molar-refractivity contribution in [2.75, 3.05) is 31.7 Å². The highest BCUT2D eigenvalue weighted by atomic mass is 19.1. The molecule has 5 rings (SSSR count). The van der Waals surface area contributed by atoms with Crippen LogP contribution < -0.4 is 10.1 Å². The number of fused-ring (bicyclic) bond motifs is 3. The molecule has 0 aliphatic carbocycles. The van der Waals surface area contributed by atoms with Crippen molar-refractivity contribution in [1.82, 2.24) is 9.88 Å². The third-order valence-electron chi connectivity index (χ3n) is 6.18. The minimum Gasteiger partial charge on any atom is -0.491 e. The molecule has 184 valence electrons. The average Bonchev–Trinajstić information content (AvgIpc) is 2.89. The van der Waals surface area contributed by atoms with E-state index in [1.54, 1.807) is 12.3 Å². The van der Waals surface area contributed by atoms with Gasteiger partial charge in [0.15, 0.2) is 0 Å². The Balaban J connectivity index is 1.39. The molecule has 0 saturated heterocycles. The van der Waals surface area contributed by atoms with Gasteiger partial charge in [-0.25, -0.2) is 9.37 Å². The maximum atomic E-state index is 14.3. The summed E-state index contributed by atoms with van der Waals surface area (Å²) in [7, 11) is 0. The van der Waals surface area contributed by atoms with E-state index < -0.39 is 0 Å². The van der Waals surface area contributed by atoms with Crippen molar-refractivity contribution in [2.45, 2.75) is 19.5 Å². The van der Waals surface area contributed by atoms with E-state index >= 15 is 0 Å². The minimum absolute atomic E-state index is 0.174. The highest BCUT2D eigenvalue weighted by Crippen LogP contribution is 2.28. The Labute approximate surface area is 211 Å². The zero-order valence-electron chi connectivity index (χ0n) is 20.2. The molecule has 2 bridgehead atoms. The van der Waals surface area contributed by atoms with Crippen LogP contribution in [0.5, 0.6) is 5.75 Å². The van der Waals surface area contributed by atoms with Gasteiger partial charge in [-0.1, -0.05) is 48.5 Å². The summed E-state index contributed by atoms with van der Waals surface area (Å²) in [5, 5.41) is 3.37. The van der Waals surface area contributed by atoms with Crippen molar-refractivity contribution in [3.05, 3.63) is 119 Å². The maximum Gasteiger partial charge on any atom is 0.130 e. The van der Waals surface area contributed by atoms with Crippen LogP contribution in [0.25, 0.3) is 0 Å². The molecule has 0 radical (unpaired) electrons. The van der Waals surface area contributed by atoms with Crippen LogP contribution in [-0.4, -0.2) is 36.2 Å². The molecule has 1 aromatic heterocycles. The van der Waals surface area contributed by atoms with E-state index in [-0.39, 0.29) is 5.82 Å². The summed E-state index contributed by atoms with van der Waals surface area (Å²) in [4.78, 5) is 6.59. The van der Waals surface area contributed by atoms with Crippen LogP contribution in [0.4, 0.5) is 15.9 Å². The number of hydrogen-bond acceptors (Lipinski definition) is 5. The second-order valence-electron chi connectivity index (χ2n) is 8.92. The monoisotopic (exact) mass is 483 g/mol. The van der Waals surface area contributed by atoms with Gasteiger partial charge in [-0.3, -0.25) is 4.90 Å². The van der Waals surface area contributed by atoms with Gasteiger partial charge in [-0.05, 0) is 47.5 Å². The quantitative estimate of drug-likeness (QED) is 0.388. The first-order chi connectivity index (χ1) is 17.7. The summed E-state index contributed by atoms with van der Waals surface area (Å²) in [6.45, 7) is 3.47. The van der Waals surface area contributed by atoms with Crippen LogP contribution in [0.2, 0.25) is 0 Å². The smallest absolute Gasteiger partial charge is 0.130 e. The van der Waals surface area contributed by atoms with E-state index in [9.17, 15) is 4.39 Å². The Bertz CT molecular complexity index is 1280. The molecule has 5 nitrogen and oxygen atoms in total. The fourth-order valence-corrected chi connectivity index (χ4v) is 4.42. The number of aromatic nitrogens is 1. The maximum absolute atomic E-state index is 14.3. The third-order valence-corrected chi connectivity index (χ3v) is 6.18. The standard InChI is InChI=1S/C30H30FN3O2/c31-28-9-2-1-8-25(28)22-34-14-15-35-16-17-36-29-12-11-27(33-30-10-3-4-13-32-30)20-26(29)19-23-6-5-7-24(18-23)21-34/h1-13,18,20H,14-17,19,21-22H2,(H,32,33). The largest absolute Gasteiger partial charge is 0.491 e. The lowest BCUT2D eigenvalue weighted by Crippen LogP contribution is -2.28. The molecule has 0 atom stereocenters. The van der Waals surface area contributed by atoms with E-state index in [1.165, 1.54) is 17.2 Å². The molecule has 0 saturated carbocycles. The van der Waals surface area contributed by atoms with Crippen LogP contribution in [0.3, 0.4) is 0 Å². The summed E-state index contributed by atoms with van der Waals surface area (Å²) < 4.78 is 26.3. The third kappa shape index (κ3) is 6.47. The Hall–Kier alpha value is -3.74. The van der Waals surface area contributed by atoms with Gasteiger partial charge in [0.05, 0.1) is 13.2 Å². The van der Waals surface area contributed by atoms with Gasteiger partial charge < -0.3 is 14.8 Å². The van der Waals surface area contributed by atoms with E-state index in [1.807, 2.05) is 42.5 Å². The Morgan fingerprint density at radius 3 is 2.64 bits per heavy atom. The molecule has 0 unspecified atom stereocenters. The highest BCUT2D eigenvalue weighted by molar-refractivity contribution is 5.59. The first-order valence-electron chi connectivity index (χ1n) is 12.3. The number of halogens is 1. The fraction of sp³-hybridized carbons (Fsp3) is 0.233. The molecule has 6 heteroatoms. The van der Waals surface area contributed by atoms with Crippen LogP contribution in [0.1, 0.15) is 22.3 Å². The Morgan fingerprint density at radius 2 is 1.75 bits per heavy atom. The molecule has 1 N–H and O–H groups in total. The number of nitrogens with one attached hydrogen (secondary N) is 1. The van der Waals surface area contributed by atoms with Crippen LogP contribution in [-0.2, 0) is 24.2 Å². The topological polar surface area (TPSA) is 46.6 Å². The molecule has 4 aromatic rings. The van der Waals surface area contributed by atoms with Crippen molar-refractivity contribution in [3.63, 3.8) is 0 Å². The Kier molecular flexibility index (Phi) is 7.86. The SMILES string of the molecule is Fc1ccccc1CN1CCOCCOc2ccc(Nc3ccccn3)cc2Cc2cccc(c2)C1. The first-order valence-corrected chi connectivity index (χ1v) is 12.3. The van der Waals surface area contributed by atoms with Crippen molar-refractivity contribution in [3.8, 4) is 5.75 Å². The van der Waals surface area contributed by atoms with Crippen LogP contribution in [0.15, 0.2) is 91.1 Å². The summed E-state index contributed by atoms with van der Waals surface area (Å²) in [6, 6.07) is 27.5. The van der Waals surface area contributed by atoms with E-state index in [0.29, 0.717) is 38.5 Å². The van der Waals surface area contributed by atoms with Crippen molar-refractivity contribution in [1.29, 1.82) is 0 Å². The summed E-state index contributed by atoms with van der Waals surface area (Å²) in [5.41, 5.74) is 5.13. The molecular weight excluding hydrogens is 453 g/mol. The van der Waals surface area contributed by atoms with Gasteiger partial charge in [0.25, 0.3) is 0 Å². The van der Waals surface area contributed by atoms with E-state index in [2.05, 4.69) is 45.5 Å². The number of ether oxygens (including phenoxy) is 2. The molecule has 0 amide bonds. The predicted octanol–water partition coefficient (Wildman–Crippen LogP) is 5.97.